The first kappa shape index (κ1) is 13.9. The van der Waals surface area contributed by atoms with Gasteiger partial charge in [-0.3, -0.25) is 14.4 Å². The minimum absolute atomic E-state index is 0.153. The van der Waals surface area contributed by atoms with Gasteiger partial charge in [-0.05, 0) is 24.3 Å². The van der Waals surface area contributed by atoms with Crippen molar-refractivity contribution < 1.29 is 23.7 Å². The Morgan fingerprint density at radius 1 is 1.05 bits per heavy atom. The van der Waals surface area contributed by atoms with Crippen LogP contribution in [0.4, 0.5) is 10.1 Å². The Morgan fingerprint density at radius 3 is 2.29 bits per heavy atom. The quantitative estimate of drug-likeness (QED) is 0.762. The molecule has 0 bridgehead atoms. The van der Waals surface area contributed by atoms with E-state index in [2.05, 4.69) is 0 Å². The van der Waals surface area contributed by atoms with Gasteiger partial charge in [0.15, 0.2) is 6.04 Å². The molecule has 1 N–H and O–H groups in total. The number of carbonyl (C=O) groups is 3. The van der Waals surface area contributed by atoms with E-state index in [4.69, 9.17) is 0 Å². The number of piperidine rings is 1. The number of amides is 2. The number of benzene rings is 1. The Morgan fingerprint density at radius 2 is 1.67 bits per heavy atom. The molecule has 1 atom stereocenters. The zero-order valence-corrected chi connectivity index (χ0v) is 11.5. The number of nitrogens with zero attached hydrogens (tertiary/aromatic N) is 1. The Hall–Kier alpha value is -2.08. The number of likely N-dealkylation sites (tertiary alicyclic amines) is 1. The summed E-state index contributed by atoms with van der Waals surface area (Å²) < 4.78 is 12.9. The summed E-state index contributed by atoms with van der Waals surface area (Å²) in [6, 6.07) is 4.91. The number of anilines is 1. The first-order valence-corrected chi connectivity index (χ1v) is 7.05. The van der Waals surface area contributed by atoms with Crippen LogP contribution in [0.15, 0.2) is 24.3 Å². The molecule has 0 radical (unpaired) electrons. The average molecular weight is 291 g/mol. The largest absolute Gasteiger partial charge is 0.324 e. The lowest BCUT2D eigenvalue weighted by molar-refractivity contribution is -0.916. The van der Waals surface area contributed by atoms with Gasteiger partial charge in [0.25, 0.3) is 5.91 Å². The molecule has 2 amide bonds. The van der Waals surface area contributed by atoms with Gasteiger partial charge in [-0.1, -0.05) is 0 Å². The molecule has 21 heavy (non-hydrogen) atoms. The van der Waals surface area contributed by atoms with Crippen LogP contribution in [0.25, 0.3) is 0 Å². The van der Waals surface area contributed by atoms with E-state index in [9.17, 15) is 18.8 Å². The van der Waals surface area contributed by atoms with Gasteiger partial charge in [0.2, 0.25) is 5.91 Å². The molecule has 0 saturated carbocycles. The Bertz CT molecular complexity index is 589. The number of carbonyl (C=O) groups excluding carboxylic acids is 3. The molecular weight excluding hydrogens is 275 g/mol. The van der Waals surface area contributed by atoms with Gasteiger partial charge in [-0.15, -0.1) is 0 Å². The van der Waals surface area contributed by atoms with Crippen LogP contribution in [0.1, 0.15) is 19.3 Å². The number of ketones is 1. The van der Waals surface area contributed by atoms with Gasteiger partial charge in [0.05, 0.1) is 38.0 Å². The third-order valence-corrected chi connectivity index (χ3v) is 4.17. The Labute approximate surface area is 121 Å². The van der Waals surface area contributed by atoms with Crippen molar-refractivity contribution >= 4 is 23.3 Å². The first-order chi connectivity index (χ1) is 10.1. The summed E-state index contributed by atoms with van der Waals surface area (Å²) in [6.45, 7) is 1.19. The van der Waals surface area contributed by atoms with Crippen molar-refractivity contribution in [2.75, 3.05) is 18.0 Å². The van der Waals surface area contributed by atoms with E-state index in [-0.39, 0.29) is 24.0 Å². The van der Waals surface area contributed by atoms with Gasteiger partial charge in [0, 0.05) is 0 Å². The highest BCUT2D eigenvalue weighted by atomic mass is 19.1. The van der Waals surface area contributed by atoms with Gasteiger partial charge in [-0.2, -0.15) is 0 Å². The van der Waals surface area contributed by atoms with Crippen molar-refractivity contribution in [2.24, 2.45) is 0 Å². The van der Waals surface area contributed by atoms with Crippen molar-refractivity contribution in [3.63, 3.8) is 0 Å². The smallest absolute Gasteiger partial charge is 0.292 e. The summed E-state index contributed by atoms with van der Waals surface area (Å²) in [6.07, 6.45) is 1.08. The number of imide groups is 1. The molecule has 0 aliphatic carbocycles. The number of Topliss-reactive ketones (excluding diaryl/α,β-unsaturated/α-hetero) is 1. The minimum Gasteiger partial charge on any atom is -0.324 e. The summed E-state index contributed by atoms with van der Waals surface area (Å²) in [4.78, 5) is 38.0. The fourth-order valence-electron chi connectivity index (χ4n) is 3.01. The minimum atomic E-state index is -0.421. The SMILES string of the molecule is O=C1CC[NH+]([C@@H]2CC(=O)N(c3ccc(F)cc3)C2=O)CC1. The maximum Gasteiger partial charge on any atom is 0.292 e. The molecule has 1 aromatic rings. The van der Waals surface area contributed by atoms with Crippen molar-refractivity contribution in [1.29, 1.82) is 0 Å². The number of quaternary nitrogens is 1. The summed E-state index contributed by atoms with van der Waals surface area (Å²) in [5.74, 6) is -0.711. The van der Waals surface area contributed by atoms with Crippen LogP contribution in [0.5, 0.6) is 0 Å². The lowest BCUT2D eigenvalue weighted by Gasteiger charge is -2.27. The predicted octanol–water partition coefficient (Wildman–Crippen LogP) is -0.295. The van der Waals surface area contributed by atoms with Crippen molar-refractivity contribution in [2.45, 2.75) is 25.3 Å². The monoisotopic (exact) mass is 291 g/mol. The van der Waals surface area contributed by atoms with E-state index in [1.54, 1.807) is 0 Å². The van der Waals surface area contributed by atoms with Crippen LogP contribution in [0.3, 0.4) is 0 Å². The topological polar surface area (TPSA) is 58.9 Å². The van der Waals surface area contributed by atoms with Crippen LogP contribution in [0.2, 0.25) is 0 Å². The number of hydrogen-bond donors (Lipinski definition) is 1. The van der Waals surface area contributed by atoms with E-state index >= 15 is 0 Å². The number of rotatable bonds is 2. The zero-order chi connectivity index (χ0) is 15.0. The van der Waals surface area contributed by atoms with E-state index in [1.807, 2.05) is 0 Å². The van der Waals surface area contributed by atoms with Crippen LogP contribution in [0, 0.1) is 5.82 Å². The molecule has 3 rings (SSSR count). The number of halogens is 1. The fraction of sp³-hybridized carbons (Fsp3) is 0.400. The lowest BCUT2D eigenvalue weighted by Crippen LogP contribution is -3.17. The maximum absolute atomic E-state index is 12.9. The van der Waals surface area contributed by atoms with E-state index in [0.717, 1.165) is 9.80 Å². The normalized spacial score (nSPS) is 24.0. The van der Waals surface area contributed by atoms with Crippen molar-refractivity contribution in [3.05, 3.63) is 30.1 Å². The van der Waals surface area contributed by atoms with Crippen molar-refractivity contribution in [1.82, 2.24) is 0 Å². The molecule has 0 aromatic heterocycles. The molecule has 0 unspecified atom stereocenters. The predicted molar refractivity (Wildman–Crippen MR) is 72.2 cm³/mol. The summed E-state index contributed by atoms with van der Waals surface area (Å²) in [5, 5.41) is 0. The van der Waals surface area contributed by atoms with Crippen LogP contribution < -0.4 is 9.80 Å². The lowest BCUT2D eigenvalue weighted by atomic mass is 10.1. The molecule has 110 valence electrons. The second-order valence-corrected chi connectivity index (χ2v) is 5.50. The summed E-state index contributed by atoms with van der Waals surface area (Å²) in [5.41, 5.74) is 0.404. The van der Waals surface area contributed by atoms with E-state index in [1.165, 1.54) is 24.3 Å². The average Bonchev–Trinajstić information content (AvgIpc) is 2.76. The summed E-state index contributed by atoms with van der Waals surface area (Å²) >= 11 is 0. The van der Waals surface area contributed by atoms with E-state index < -0.39 is 11.9 Å². The highest BCUT2D eigenvalue weighted by molar-refractivity contribution is 6.21. The molecule has 2 aliphatic heterocycles. The maximum atomic E-state index is 12.9. The van der Waals surface area contributed by atoms with Gasteiger partial charge < -0.3 is 4.90 Å². The molecule has 6 heteroatoms. The molecule has 2 heterocycles. The fourth-order valence-corrected chi connectivity index (χ4v) is 3.01. The molecule has 2 aliphatic rings. The number of hydrogen-bond acceptors (Lipinski definition) is 3. The second-order valence-electron chi connectivity index (χ2n) is 5.50. The van der Waals surface area contributed by atoms with Gasteiger partial charge in [0.1, 0.15) is 11.6 Å². The highest BCUT2D eigenvalue weighted by Crippen LogP contribution is 2.22. The molecule has 2 saturated heterocycles. The molecule has 5 nitrogen and oxygen atoms in total. The van der Waals surface area contributed by atoms with E-state index in [0.29, 0.717) is 31.6 Å². The Balaban J connectivity index is 1.79. The second kappa shape index (κ2) is 5.37. The molecule has 2 fully saturated rings. The van der Waals surface area contributed by atoms with Crippen LogP contribution in [-0.4, -0.2) is 36.7 Å². The third-order valence-electron chi connectivity index (χ3n) is 4.17. The highest BCUT2D eigenvalue weighted by Gasteiger charge is 2.46. The summed E-state index contributed by atoms with van der Waals surface area (Å²) in [7, 11) is 0. The van der Waals surface area contributed by atoms with Gasteiger partial charge >= 0.3 is 0 Å². The van der Waals surface area contributed by atoms with Crippen molar-refractivity contribution in [3.8, 4) is 0 Å². The van der Waals surface area contributed by atoms with Crippen LogP contribution >= 0.6 is 0 Å². The molecule has 1 aromatic carbocycles. The zero-order valence-electron chi connectivity index (χ0n) is 11.5. The van der Waals surface area contributed by atoms with Gasteiger partial charge in [-0.25, -0.2) is 9.29 Å². The van der Waals surface area contributed by atoms with Crippen LogP contribution in [-0.2, 0) is 14.4 Å². The molecular formula is C15H16FN2O3+. The molecule has 0 spiro atoms. The standard InChI is InChI=1S/C15H15FN2O3/c16-10-1-3-11(4-2-10)18-14(20)9-13(15(18)21)17-7-5-12(19)6-8-17/h1-4,13H,5-9H2/p+1/t13-/m1/s1. The first-order valence-electron chi connectivity index (χ1n) is 7.05. The third kappa shape index (κ3) is 2.58. The Kier molecular flexibility index (Phi) is 3.55. The number of nitrogens with one attached hydrogen (secondary N) is 1.